The van der Waals surface area contributed by atoms with Crippen molar-refractivity contribution in [3.8, 4) is 11.1 Å². The maximum absolute atomic E-state index is 14.7. The first-order valence-corrected chi connectivity index (χ1v) is 12.7. The first kappa shape index (κ1) is 26.4. The Morgan fingerprint density at radius 2 is 2.00 bits per heavy atom. The van der Waals surface area contributed by atoms with E-state index in [1.807, 2.05) is 6.92 Å². The molecule has 2 aromatic carbocycles. The molecule has 10 nitrogen and oxygen atoms in total. The van der Waals surface area contributed by atoms with Crippen molar-refractivity contribution in [2.24, 2.45) is 0 Å². The van der Waals surface area contributed by atoms with Gasteiger partial charge in [-0.15, -0.1) is 0 Å². The largest absolute Gasteiger partial charge is 0.302 e. The maximum Gasteiger partial charge on any atom is 0.264 e. The number of aryl methyl sites for hydroxylation is 1. The van der Waals surface area contributed by atoms with Gasteiger partial charge in [0.15, 0.2) is 14.6 Å². The quantitative estimate of drug-likeness (QED) is 0.215. The Morgan fingerprint density at radius 3 is 2.63 bits per heavy atom. The van der Waals surface area contributed by atoms with Gasteiger partial charge in [-0.05, 0) is 49.6 Å². The number of nitrogens with zero attached hydrogens (tertiary/aromatic N) is 2. The molecule has 12 heteroatoms. The molecule has 3 N–H and O–H groups in total. The van der Waals surface area contributed by atoms with Crippen molar-refractivity contribution >= 4 is 26.6 Å². The number of sulfone groups is 1. The van der Waals surface area contributed by atoms with E-state index in [9.17, 15) is 22.4 Å². The van der Waals surface area contributed by atoms with Crippen molar-refractivity contribution in [1.82, 2.24) is 20.5 Å². The highest BCUT2D eigenvalue weighted by molar-refractivity contribution is 7.92. The lowest BCUT2D eigenvalue weighted by Gasteiger charge is -2.25. The van der Waals surface area contributed by atoms with Gasteiger partial charge >= 0.3 is 0 Å². The normalized spacial score (nSPS) is 13.5. The van der Waals surface area contributed by atoms with E-state index >= 15 is 0 Å². The molecule has 0 aliphatic heterocycles. The fourth-order valence-electron chi connectivity index (χ4n) is 3.54. The number of halogens is 1. The summed E-state index contributed by atoms with van der Waals surface area (Å²) in [5, 5.41) is 9.20. The molecule has 0 saturated carbocycles. The lowest BCUT2D eigenvalue weighted by atomic mass is 10.0. The zero-order valence-corrected chi connectivity index (χ0v) is 20.4. The van der Waals surface area contributed by atoms with Crippen molar-refractivity contribution in [1.29, 1.82) is 0 Å². The van der Waals surface area contributed by atoms with Gasteiger partial charge in [-0.3, -0.25) is 19.4 Å². The number of carbonyl (C=O) groups is 1. The van der Waals surface area contributed by atoms with E-state index in [0.29, 0.717) is 35.4 Å². The number of carbonyl (C=O) groups excluding carboxylic acids is 1. The average molecular weight is 507 g/mol. The Labute approximate surface area is 201 Å². The van der Waals surface area contributed by atoms with Gasteiger partial charge in [0.25, 0.3) is 11.5 Å². The van der Waals surface area contributed by atoms with Crippen LogP contribution in [0.15, 0.2) is 47.5 Å². The lowest BCUT2D eigenvalue weighted by molar-refractivity contribution is -0.131. The Bertz CT molecular complexity index is 1410. The van der Waals surface area contributed by atoms with Crippen LogP contribution in [0.2, 0.25) is 0 Å². The van der Waals surface area contributed by atoms with Crippen molar-refractivity contribution in [2.75, 3.05) is 12.9 Å². The molecule has 0 fully saturated rings. The van der Waals surface area contributed by atoms with Crippen molar-refractivity contribution in [2.45, 2.75) is 38.1 Å². The topological polar surface area (TPSA) is 140 Å². The fourth-order valence-corrected chi connectivity index (χ4v) is 4.39. The van der Waals surface area contributed by atoms with Gasteiger partial charge in [0.05, 0.1) is 23.8 Å². The number of benzene rings is 2. The SMILES string of the molecule is CCONCc1ccc(-c2ccc3c(=O)n(CC[C@](C)(C(=O)NO)S(C)(=O)=O)cnc3c2)c(F)c1. The summed E-state index contributed by atoms with van der Waals surface area (Å²) in [6.45, 7) is 3.71. The molecule has 1 atom stereocenters. The number of hydroxylamine groups is 2. The predicted molar refractivity (Wildman–Crippen MR) is 128 cm³/mol. The minimum absolute atomic E-state index is 0.133. The van der Waals surface area contributed by atoms with Crippen LogP contribution in [0.4, 0.5) is 4.39 Å². The molecule has 1 heterocycles. The second-order valence-corrected chi connectivity index (χ2v) is 10.7. The van der Waals surface area contributed by atoms with Gasteiger partial charge in [0.1, 0.15) is 5.82 Å². The zero-order chi connectivity index (χ0) is 25.8. The van der Waals surface area contributed by atoms with Crippen LogP contribution in [0.25, 0.3) is 22.0 Å². The first-order chi connectivity index (χ1) is 16.5. The van der Waals surface area contributed by atoms with Crippen molar-refractivity contribution < 1.29 is 27.6 Å². The third-order valence-electron chi connectivity index (χ3n) is 5.92. The molecule has 0 aliphatic rings. The van der Waals surface area contributed by atoms with Crippen LogP contribution >= 0.6 is 0 Å². The molecule has 3 aromatic rings. The van der Waals surface area contributed by atoms with E-state index < -0.39 is 31.9 Å². The standard InChI is InChI=1S/C23H27FN4O6S/c1-4-34-26-13-15-5-7-17(19(24)11-15)16-6-8-18-20(12-16)25-14-28(21(18)29)10-9-23(2,22(30)27-31)35(3,32)33/h5-8,11-12,14,26,31H,4,9-10,13H2,1-3H3,(H,27,30)/t23-/m1/s1. The van der Waals surface area contributed by atoms with Crippen LogP contribution < -0.4 is 16.5 Å². The Hall–Kier alpha value is -3.19. The number of aromatic nitrogens is 2. The minimum atomic E-state index is -3.91. The number of amides is 1. The number of hydrogen-bond donors (Lipinski definition) is 3. The summed E-state index contributed by atoms with van der Waals surface area (Å²) in [5.41, 5.74) is 5.58. The summed E-state index contributed by atoms with van der Waals surface area (Å²) in [4.78, 5) is 34.3. The minimum Gasteiger partial charge on any atom is -0.302 e. The summed E-state index contributed by atoms with van der Waals surface area (Å²) in [7, 11) is -3.91. The monoisotopic (exact) mass is 506 g/mol. The van der Waals surface area contributed by atoms with Crippen LogP contribution in [-0.4, -0.2) is 46.7 Å². The number of rotatable bonds is 10. The first-order valence-electron chi connectivity index (χ1n) is 10.8. The molecule has 0 aliphatic carbocycles. The molecule has 0 bridgehead atoms. The van der Waals surface area contributed by atoms with E-state index in [2.05, 4.69) is 10.5 Å². The van der Waals surface area contributed by atoms with E-state index in [-0.39, 0.29) is 18.4 Å². The zero-order valence-electron chi connectivity index (χ0n) is 19.5. The molecular weight excluding hydrogens is 479 g/mol. The summed E-state index contributed by atoms with van der Waals surface area (Å²) in [6, 6.07) is 9.53. The predicted octanol–water partition coefficient (Wildman–Crippen LogP) is 1.94. The Balaban J connectivity index is 1.88. The molecule has 1 amide bonds. The van der Waals surface area contributed by atoms with Crippen LogP contribution in [-0.2, 0) is 32.6 Å². The summed E-state index contributed by atoms with van der Waals surface area (Å²) < 4.78 is 38.3. The second kappa shape index (κ2) is 10.6. The van der Waals surface area contributed by atoms with Gasteiger partial charge < -0.3 is 4.84 Å². The molecule has 0 spiro atoms. The highest BCUT2D eigenvalue weighted by Gasteiger charge is 2.43. The molecule has 188 valence electrons. The average Bonchev–Trinajstić information content (AvgIpc) is 2.82. The van der Waals surface area contributed by atoms with Gasteiger partial charge in [-0.1, -0.05) is 18.2 Å². The Morgan fingerprint density at radius 1 is 1.26 bits per heavy atom. The number of hydrogen-bond acceptors (Lipinski definition) is 8. The summed E-state index contributed by atoms with van der Waals surface area (Å²) in [5.74, 6) is -1.52. The Kier molecular flexibility index (Phi) is 8.00. The summed E-state index contributed by atoms with van der Waals surface area (Å²) >= 11 is 0. The van der Waals surface area contributed by atoms with E-state index in [1.54, 1.807) is 24.3 Å². The van der Waals surface area contributed by atoms with Crippen LogP contribution in [0.5, 0.6) is 0 Å². The van der Waals surface area contributed by atoms with Crippen molar-refractivity contribution in [3.63, 3.8) is 0 Å². The van der Waals surface area contributed by atoms with Crippen LogP contribution in [0, 0.1) is 5.82 Å². The molecule has 0 radical (unpaired) electrons. The summed E-state index contributed by atoms with van der Waals surface area (Å²) in [6.07, 6.45) is 1.86. The van der Waals surface area contributed by atoms with E-state index in [4.69, 9.17) is 10.0 Å². The highest BCUT2D eigenvalue weighted by Crippen LogP contribution is 2.26. The number of nitrogens with one attached hydrogen (secondary N) is 2. The van der Waals surface area contributed by atoms with Gasteiger partial charge in [-0.25, -0.2) is 23.3 Å². The maximum atomic E-state index is 14.7. The third-order valence-corrected chi connectivity index (χ3v) is 7.95. The van der Waals surface area contributed by atoms with E-state index in [0.717, 1.165) is 6.26 Å². The number of fused-ring (bicyclic) bond motifs is 1. The third kappa shape index (κ3) is 5.56. The highest BCUT2D eigenvalue weighted by atomic mass is 32.2. The molecule has 0 saturated heterocycles. The van der Waals surface area contributed by atoms with Gasteiger partial charge in [0, 0.05) is 24.9 Å². The molecule has 35 heavy (non-hydrogen) atoms. The van der Waals surface area contributed by atoms with Crippen LogP contribution in [0.1, 0.15) is 25.8 Å². The molecular formula is C23H27FN4O6S. The lowest BCUT2D eigenvalue weighted by Crippen LogP contribution is -2.50. The van der Waals surface area contributed by atoms with Crippen LogP contribution in [0.3, 0.4) is 0 Å². The molecule has 1 aromatic heterocycles. The second-order valence-electron chi connectivity index (χ2n) is 8.24. The van der Waals surface area contributed by atoms with Crippen molar-refractivity contribution in [3.05, 3.63) is 64.5 Å². The van der Waals surface area contributed by atoms with Gasteiger partial charge in [-0.2, -0.15) is 5.48 Å². The molecule has 3 rings (SSSR count). The fraction of sp³-hybridized carbons (Fsp3) is 0.348. The van der Waals surface area contributed by atoms with E-state index in [1.165, 1.54) is 35.4 Å². The molecule has 0 unspecified atom stereocenters. The smallest absolute Gasteiger partial charge is 0.264 e. The van der Waals surface area contributed by atoms with Gasteiger partial charge in [0.2, 0.25) is 0 Å².